The van der Waals surface area contributed by atoms with Crippen LogP contribution in [0, 0.1) is 11.8 Å². The summed E-state index contributed by atoms with van der Waals surface area (Å²) in [5, 5.41) is 2.86. The lowest BCUT2D eigenvalue weighted by Gasteiger charge is -2.42. The van der Waals surface area contributed by atoms with E-state index >= 15 is 0 Å². The van der Waals surface area contributed by atoms with Crippen LogP contribution in [0.2, 0.25) is 0 Å². The molecule has 0 saturated carbocycles. The van der Waals surface area contributed by atoms with E-state index in [0.717, 1.165) is 0 Å². The summed E-state index contributed by atoms with van der Waals surface area (Å²) in [4.78, 5) is 26.6. The van der Waals surface area contributed by atoms with Crippen LogP contribution in [0.4, 0.5) is 0 Å². The first-order valence-corrected chi connectivity index (χ1v) is 7.52. The molecule has 1 aliphatic rings. The molecule has 0 radical (unpaired) electrons. The van der Waals surface area contributed by atoms with E-state index in [0.29, 0.717) is 13.2 Å². The van der Waals surface area contributed by atoms with Gasteiger partial charge in [0, 0.05) is 13.2 Å². The number of nitrogens with one attached hydrogen (secondary N) is 1. The molecule has 0 bridgehead atoms. The Kier molecular flexibility index (Phi) is 5.99. The maximum atomic E-state index is 12.6. The number of piperazine rings is 1. The molecule has 3 unspecified atom stereocenters. The molecule has 116 valence electrons. The van der Waals surface area contributed by atoms with Crippen LogP contribution in [-0.2, 0) is 14.3 Å². The second-order valence-electron chi connectivity index (χ2n) is 6.18. The van der Waals surface area contributed by atoms with E-state index in [1.54, 1.807) is 4.90 Å². The standard InChI is InChI=1S/C15H28N2O3/c1-7-20-11(6)8-17-13(10(4)5)14(18)16-12(9(2)3)15(17)19/h9-13H,7-8H2,1-6H3,(H,16,18). The van der Waals surface area contributed by atoms with Gasteiger partial charge in [0.1, 0.15) is 12.1 Å². The van der Waals surface area contributed by atoms with E-state index in [9.17, 15) is 9.59 Å². The fourth-order valence-electron chi connectivity index (χ4n) is 2.69. The molecule has 1 rings (SSSR count). The van der Waals surface area contributed by atoms with Crippen LogP contribution < -0.4 is 5.32 Å². The molecule has 0 aromatic heterocycles. The number of carbonyl (C=O) groups excluding carboxylic acids is 2. The van der Waals surface area contributed by atoms with Crippen molar-refractivity contribution < 1.29 is 14.3 Å². The first-order valence-electron chi connectivity index (χ1n) is 7.52. The molecule has 1 heterocycles. The number of nitrogens with zero attached hydrogens (tertiary/aromatic N) is 1. The van der Waals surface area contributed by atoms with Gasteiger partial charge in [0.15, 0.2) is 0 Å². The van der Waals surface area contributed by atoms with Crippen molar-refractivity contribution in [2.75, 3.05) is 13.2 Å². The minimum atomic E-state index is -0.425. The topological polar surface area (TPSA) is 58.6 Å². The summed E-state index contributed by atoms with van der Waals surface area (Å²) in [6, 6.07) is -0.827. The van der Waals surface area contributed by atoms with Gasteiger partial charge in [-0.1, -0.05) is 27.7 Å². The Labute approximate surface area is 122 Å². The summed E-state index contributed by atoms with van der Waals surface area (Å²) >= 11 is 0. The van der Waals surface area contributed by atoms with Crippen LogP contribution in [0.25, 0.3) is 0 Å². The van der Waals surface area contributed by atoms with E-state index in [2.05, 4.69) is 5.32 Å². The molecule has 1 saturated heterocycles. The molecule has 2 amide bonds. The van der Waals surface area contributed by atoms with E-state index in [-0.39, 0.29) is 29.8 Å². The zero-order chi connectivity index (χ0) is 15.4. The number of amides is 2. The zero-order valence-electron chi connectivity index (χ0n) is 13.5. The Morgan fingerprint density at radius 3 is 2.20 bits per heavy atom. The maximum Gasteiger partial charge on any atom is 0.246 e. The summed E-state index contributed by atoms with van der Waals surface area (Å²) in [6.07, 6.45) is -0.0658. The number of carbonyl (C=O) groups is 2. The number of hydrogen-bond acceptors (Lipinski definition) is 3. The fourth-order valence-corrected chi connectivity index (χ4v) is 2.69. The van der Waals surface area contributed by atoms with Crippen molar-refractivity contribution in [2.45, 2.75) is 59.7 Å². The van der Waals surface area contributed by atoms with Crippen molar-refractivity contribution in [3.63, 3.8) is 0 Å². The van der Waals surface area contributed by atoms with Crippen LogP contribution in [0.3, 0.4) is 0 Å². The van der Waals surface area contributed by atoms with Crippen LogP contribution in [0.5, 0.6) is 0 Å². The van der Waals surface area contributed by atoms with Gasteiger partial charge in [0.05, 0.1) is 6.10 Å². The SMILES string of the molecule is CCOC(C)CN1C(=O)C(C(C)C)NC(=O)C1C(C)C. The predicted molar refractivity (Wildman–Crippen MR) is 78.2 cm³/mol. The quantitative estimate of drug-likeness (QED) is 0.802. The average Bonchev–Trinajstić information content (AvgIpc) is 2.32. The third kappa shape index (κ3) is 3.72. The van der Waals surface area contributed by atoms with Crippen molar-refractivity contribution in [2.24, 2.45) is 11.8 Å². The van der Waals surface area contributed by atoms with E-state index in [1.807, 2.05) is 41.5 Å². The normalized spacial score (nSPS) is 25.3. The zero-order valence-corrected chi connectivity index (χ0v) is 13.5. The Bertz CT molecular complexity index is 355. The highest BCUT2D eigenvalue weighted by atomic mass is 16.5. The van der Waals surface area contributed by atoms with Crippen LogP contribution in [0.1, 0.15) is 41.5 Å². The van der Waals surface area contributed by atoms with Crippen molar-refractivity contribution >= 4 is 11.8 Å². The highest BCUT2D eigenvalue weighted by Crippen LogP contribution is 2.21. The fraction of sp³-hybridized carbons (Fsp3) is 0.867. The Morgan fingerprint density at radius 2 is 1.75 bits per heavy atom. The van der Waals surface area contributed by atoms with Gasteiger partial charge in [-0.15, -0.1) is 0 Å². The Balaban J connectivity index is 2.95. The predicted octanol–water partition coefficient (Wildman–Crippen LogP) is 1.42. The monoisotopic (exact) mass is 284 g/mol. The minimum Gasteiger partial charge on any atom is -0.377 e. The van der Waals surface area contributed by atoms with Gasteiger partial charge in [0.2, 0.25) is 11.8 Å². The molecule has 5 nitrogen and oxygen atoms in total. The average molecular weight is 284 g/mol. The summed E-state index contributed by atoms with van der Waals surface area (Å²) in [6.45, 7) is 12.8. The van der Waals surface area contributed by atoms with Gasteiger partial charge in [-0.05, 0) is 25.7 Å². The number of rotatable bonds is 6. The van der Waals surface area contributed by atoms with Gasteiger partial charge in [-0.2, -0.15) is 0 Å². The smallest absolute Gasteiger partial charge is 0.246 e. The summed E-state index contributed by atoms with van der Waals surface area (Å²) < 4.78 is 5.53. The molecular formula is C15H28N2O3. The molecule has 20 heavy (non-hydrogen) atoms. The third-order valence-corrected chi connectivity index (χ3v) is 3.65. The molecule has 1 fully saturated rings. The molecule has 0 aromatic rings. The van der Waals surface area contributed by atoms with Crippen molar-refractivity contribution in [1.29, 1.82) is 0 Å². The molecule has 0 aromatic carbocycles. The second kappa shape index (κ2) is 7.07. The molecular weight excluding hydrogens is 256 g/mol. The highest BCUT2D eigenvalue weighted by molar-refractivity contribution is 5.97. The molecule has 1 aliphatic heterocycles. The largest absolute Gasteiger partial charge is 0.377 e. The van der Waals surface area contributed by atoms with Gasteiger partial charge in [0.25, 0.3) is 0 Å². The molecule has 3 atom stereocenters. The number of ether oxygens (including phenoxy) is 1. The van der Waals surface area contributed by atoms with Crippen molar-refractivity contribution in [3.05, 3.63) is 0 Å². The third-order valence-electron chi connectivity index (χ3n) is 3.65. The molecule has 0 aliphatic carbocycles. The molecule has 1 N–H and O–H groups in total. The Hall–Kier alpha value is -1.10. The van der Waals surface area contributed by atoms with E-state index in [1.165, 1.54) is 0 Å². The minimum absolute atomic E-state index is 0.00449. The van der Waals surface area contributed by atoms with Gasteiger partial charge in [-0.25, -0.2) is 0 Å². The molecule has 5 heteroatoms. The number of hydrogen-bond donors (Lipinski definition) is 1. The lowest BCUT2D eigenvalue weighted by atomic mass is 9.92. The first kappa shape index (κ1) is 17.0. The lowest BCUT2D eigenvalue weighted by Crippen LogP contribution is -2.67. The van der Waals surface area contributed by atoms with Gasteiger partial charge < -0.3 is 15.0 Å². The Morgan fingerprint density at radius 1 is 1.15 bits per heavy atom. The summed E-state index contributed by atoms with van der Waals surface area (Å²) in [7, 11) is 0. The highest BCUT2D eigenvalue weighted by Gasteiger charge is 2.43. The summed E-state index contributed by atoms with van der Waals surface area (Å²) in [5.74, 6) is 0.122. The summed E-state index contributed by atoms with van der Waals surface area (Å²) in [5.41, 5.74) is 0. The van der Waals surface area contributed by atoms with Crippen LogP contribution >= 0.6 is 0 Å². The lowest BCUT2D eigenvalue weighted by molar-refractivity contribution is -0.154. The van der Waals surface area contributed by atoms with Crippen LogP contribution in [0.15, 0.2) is 0 Å². The molecule has 0 spiro atoms. The van der Waals surface area contributed by atoms with E-state index < -0.39 is 12.1 Å². The first-order chi connectivity index (χ1) is 9.29. The second-order valence-corrected chi connectivity index (χ2v) is 6.18. The van der Waals surface area contributed by atoms with Gasteiger partial charge >= 0.3 is 0 Å². The van der Waals surface area contributed by atoms with Gasteiger partial charge in [-0.3, -0.25) is 9.59 Å². The van der Waals surface area contributed by atoms with Crippen molar-refractivity contribution in [3.8, 4) is 0 Å². The van der Waals surface area contributed by atoms with Crippen LogP contribution in [-0.4, -0.2) is 48.1 Å². The van der Waals surface area contributed by atoms with Crippen molar-refractivity contribution in [1.82, 2.24) is 10.2 Å². The van der Waals surface area contributed by atoms with E-state index in [4.69, 9.17) is 4.74 Å². The maximum absolute atomic E-state index is 12.6.